The van der Waals surface area contributed by atoms with E-state index in [1.54, 1.807) is 0 Å². The molecular weight excluding hydrogens is 252 g/mol. The van der Waals surface area contributed by atoms with Crippen LogP contribution in [0.1, 0.15) is 60.8 Å². The van der Waals surface area contributed by atoms with Crippen molar-refractivity contribution < 1.29 is 0 Å². The minimum atomic E-state index is 0.258. The molecule has 0 aromatic carbocycles. The van der Waals surface area contributed by atoms with Crippen molar-refractivity contribution in [1.29, 1.82) is 0 Å². The van der Waals surface area contributed by atoms with Crippen LogP contribution < -0.4 is 0 Å². The molecule has 21 heavy (non-hydrogen) atoms. The lowest BCUT2D eigenvalue weighted by molar-refractivity contribution is 0.135. The maximum Gasteiger partial charge on any atom is -0.00785 e. The van der Waals surface area contributed by atoms with Crippen molar-refractivity contribution in [3.8, 4) is 0 Å². The largest absolute Gasteiger partial charge is 0.0991 e. The second kappa shape index (κ2) is 7.82. The van der Waals surface area contributed by atoms with Gasteiger partial charge in [0.1, 0.15) is 0 Å². The fourth-order valence-electron chi connectivity index (χ4n) is 4.02. The zero-order valence-corrected chi connectivity index (χ0v) is 14.9. The molecule has 1 rings (SSSR count). The minimum absolute atomic E-state index is 0.258. The lowest BCUT2D eigenvalue weighted by Gasteiger charge is -2.44. The summed E-state index contributed by atoms with van der Waals surface area (Å²) in [6, 6.07) is 0. The maximum absolute atomic E-state index is 3.86. The standard InChI is InChI=1S/C21H34/c1-8-11-16(4)20-15-19(14-13-17(20)5)21(6,7)18(10-3)12-9-2/h8-12,17,19-20H,1,13-15H2,2-7H3/b12-9-,16-11+,18-10+. The number of hydrogen-bond donors (Lipinski definition) is 0. The van der Waals surface area contributed by atoms with Crippen LogP contribution in [0.3, 0.4) is 0 Å². The summed E-state index contributed by atoms with van der Waals surface area (Å²) in [6.07, 6.45) is 14.9. The van der Waals surface area contributed by atoms with Gasteiger partial charge in [-0.3, -0.25) is 0 Å². The Bertz CT molecular complexity index is 431. The van der Waals surface area contributed by atoms with Gasteiger partial charge in [0.05, 0.1) is 0 Å². The highest BCUT2D eigenvalue weighted by Crippen LogP contribution is 2.48. The van der Waals surface area contributed by atoms with Gasteiger partial charge in [0.15, 0.2) is 0 Å². The summed E-state index contributed by atoms with van der Waals surface area (Å²) in [5.74, 6) is 2.27. The zero-order chi connectivity index (χ0) is 16.0. The topological polar surface area (TPSA) is 0 Å². The van der Waals surface area contributed by atoms with Gasteiger partial charge in [-0.15, -0.1) is 0 Å². The van der Waals surface area contributed by atoms with Gasteiger partial charge >= 0.3 is 0 Å². The highest BCUT2D eigenvalue weighted by Gasteiger charge is 2.38. The third kappa shape index (κ3) is 4.22. The van der Waals surface area contributed by atoms with Crippen molar-refractivity contribution in [2.75, 3.05) is 0 Å². The normalized spacial score (nSPS) is 29.0. The predicted molar refractivity (Wildman–Crippen MR) is 96.3 cm³/mol. The minimum Gasteiger partial charge on any atom is -0.0991 e. The van der Waals surface area contributed by atoms with Crippen LogP contribution in [0, 0.1) is 23.2 Å². The molecule has 0 saturated heterocycles. The number of hydrogen-bond acceptors (Lipinski definition) is 0. The average molecular weight is 287 g/mol. The van der Waals surface area contributed by atoms with Gasteiger partial charge in [-0.2, -0.15) is 0 Å². The van der Waals surface area contributed by atoms with Gasteiger partial charge in [0.2, 0.25) is 0 Å². The summed E-state index contributed by atoms with van der Waals surface area (Å²) in [5, 5.41) is 0. The quantitative estimate of drug-likeness (QED) is 0.492. The average Bonchev–Trinajstić information content (AvgIpc) is 2.44. The van der Waals surface area contributed by atoms with Crippen LogP contribution in [0.5, 0.6) is 0 Å². The van der Waals surface area contributed by atoms with E-state index in [2.05, 4.69) is 72.4 Å². The van der Waals surface area contributed by atoms with Crippen molar-refractivity contribution in [2.45, 2.75) is 60.8 Å². The van der Waals surface area contributed by atoms with E-state index in [1.807, 2.05) is 6.08 Å². The molecule has 1 aliphatic rings. The first-order valence-electron chi connectivity index (χ1n) is 8.47. The first kappa shape index (κ1) is 18.0. The van der Waals surface area contributed by atoms with E-state index in [4.69, 9.17) is 0 Å². The molecule has 3 unspecified atom stereocenters. The highest BCUT2D eigenvalue weighted by atomic mass is 14.4. The van der Waals surface area contributed by atoms with Crippen LogP contribution in [0.4, 0.5) is 0 Å². The molecule has 0 N–H and O–H groups in total. The summed E-state index contributed by atoms with van der Waals surface area (Å²) in [5.41, 5.74) is 3.24. The molecule has 0 aromatic heterocycles. The summed E-state index contributed by atoms with van der Waals surface area (Å²) >= 11 is 0. The van der Waals surface area contributed by atoms with Crippen LogP contribution in [0.15, 0.2) is 48.1 Å². The lowest BCUT2D eigenvalue weighted by atomic mass is 9.61. The summed E-state index contributed by atoms with van der Waals surface area (Å²) < 4.78 is 0. The second-order valence-corrected chi connectivity index (χ2v) is 7.21. The van der Waals surface area contributed by atoms with Crippen LogP contribution >= 0.6 is 0 Å². The summed E-state index contributed by atoms with van der Waals surface area (Å²) in [6.45, 7) is 17.7. The molecule has 118 valence electrons. The van der Waals surface area contributed by atoms with E-state index in [0.29, 0.717) is 5.92 Å². The van der Waals surface area contributed by atoms with E-state index in [9.17, 15) is 0 Å². The maximum atomic E-state index is 3.86. The van der Waals surface area contributed by atoms with Crippen LogP contribution in [-0.2, 0) is 0 Å². The Hall–Kier alpha value is -1.04. The molecular formula is C21H34. The van der Waals surface area contributed by atoms with Crippen molar-refractivity contribution in [2.24, 2.45) is 23.2 Å². The predicted octanol–water partition coefficient (Wildman–Crippen LogP) is 6.72. The van der Waals surface area contributed by atoms with Crippen molar-refractivity contribution in [1.82, 2.24) is 0 Å². The Morgan fingerprint density at radius 2 is 1.86 bits per heavy atom. The molecule has 0 aliphatic heterocycles. The Labute approximate surface area is 132 Å². The third-order valence-corrected chi connectivity index (χ3v) is 5.58. The Balaban J connectivity index is 2.99. The van der Waals surface area contributed by atoms with Crippen LogP contribution in [0.25, 0.3) is 0 Å². The van der Waals surface area contributed by atoms with Gasteiger partial charge in [0.25, 0.3) is 0 Å². The zero-order valence-electron chi connectivity index (χ0n) is 14.9. The van der Waals surface area contributed by atoms with Crippen LogP contribution in [-0.4, -0.2) is 0 Å². The number of allylic oxidation sites excluding steroid dienone is 7. The van der Waals surface area contributed by atoms with E-state index in [1.165, 1.54) is 30.4 Å². The third-order valence-electron chi connectivity index (χ3n) is 5.58. The van der Waals surface area contributed by atoms with Gasteiger partial charge < -0.3 is 0 Å². The first-order chi connectivity index (χ1) is 9.88. The molecule has 0 heteroatoms. The van der Waals surface area contributed by atoms with Gasteiger partial charge in [-0.05, 0) is 68.8 Å². The molecule has 3 atom stereocenters. The number of rotatable bonds is 5. The van der Waals surface area contributed by atoms with Gasteiger partial charge in [-0.1, -0.05) is 63.3 Å². The Morgan fingerprint density at radius 1 is 1.19 bits per heavy atom. The SMILES string of the molecule is C=C/C=C(\C)C1CC(C(C)(C)C(/C=C\C)=C/C)CCC1C. The highest BCUT2D eigenvalue weighted by molar-refractivity contribution is 5.26. The molecule has 0 radical (unpaired) electrons. The molecule has 0 amide bonds. The smallest absolute Gasteiger partial charge is 0.00785 e. The Kier molecular flexibility index (Phi) is 6.71. The van der Waals surface area contributed by atoms with Crippen molar-refractivity contribution >= 4 is 0 Å². The molecule has 0 heterocycles. The molecule has 0 spiro atoms. The van der Waals surface area contributed by atoms with Gasteiger partial charge in [0, 0.05) is 0 Å². The van der Waals surface area contributed by atoms with E-state index < -0.39 is 0 Å². The monoisotopic (exact) mass is 286 g/mol. The Morgan fingerprint density at radius 3 is 2.38 bits per heavy atom. The fourth-order valence-corrected chi connectivity index (χ4v) is 4.02. The fraction of sp³-hybridized carbons (Fsp3) is 0.619. The van der Waals surface area contributed by atoms with E-state index >= 15 is 0 Å². The van der Waals surface area contributed by atoms with E-state index in [0.717, 1.165) is 11.8 Å². The van der Waals surface area contributed by atoms with E-state index in [-0.39, 0.29) is 5.41 Å². The van der Waals surface area contributed by atoms with Crippen LogP contribution in [0.2, 0.25) is 0 Å². The second-order valence-electron chi connectivity index (χ2n) is 7.21. The molecule has 1 saturated carbocycles. The lowest BCUT2D eigenvalue weighted by Crippen LogP contribution is -2.34. The molecule has 0 aromatic rings. The molecule has 1 fully saturated rings. The summed E-state index contributed by atoms with van der Waals surface area (Å²) in [4.78, 5) is 0. The first-order valence-corrected chi connectivity index (χ1v) is 8.47. The van der Waals surface area contributed by atoms with Crippen molar-refractivity contribution in [3.63, 3.8) is 0 Å². The summed E-state index contributed by atoms with van der Waals surface area (Å²) in [7, 11) is 0. The van der Waals surface area contributed by atoms with Crippen molar-refractivity contribution in [3.05, 3.63) is 48.1 Å². The van der Waals surface area contributed by atoms with Gasteiger partial charge in [-0.25, -0.2) is 0 Å². The molecule has 1 aliphatic carbocycles. The molecule has 0 bridgehead atoms. The molecule has 0 nitrogen and oxygen atoms in total.